The molecule has 38 heavy (non-hydrogen) atoms. The lowest BCUT2D eigenvalue weighted by atomic mass is 9.96. The van der Waals surface area contributed by atoms with Crippen LogP contribution in [0.4, 0.5) is 4.79 Å². The molecule has 0 unspecified atom stereocenters. The Morgan fingerprint density at radius 1 is 0.974 bits per heavy atom. The molecule has 2 amide bonds. The van der Waals surface area contributed by atoms with E-state index in [2.05, 4.69) is 41.7 Å². The Hall–Kier alpha value is -3.45. The third kappa shape index (κ3) is 5.99. The minimum atomic E-state index is -0.636. The van der Waals surface area contributed by atoms with Crippen molar-refractivity contribution in [3.63, 3.8) is 0 Å². The van der Waals surface area contributed by atoms with E-state index in [1.807, 2.05) is 43.1 Å². The molecule has 2 fully saturated rings. The van der Waals surface area contributed by atoms with Crippen LogP contribution in [0.25, 0.3) is 16.7 Å². The van der Waals surface area contributed by atoms with Gasteiger partial charge in [0.2, 0.25) is 5.91 Å². The molecule has 7 nitrogen and oxygen atoms in total. The van der Waals surface area contributed by atoms with Crippen LogP contribution in [0.5, 0.6) is 0 Å². The highest BCUT2D eigenvalue weighted by molar-refractivity contribution is 6.03. The quantitative estimate of drug-likeness (QED) is 0.531. The highest BCUT2D eigenvalue weighted by atomic mass is 16.6. The number of nitrogens with zero attached hydrogens (tertiary/aromatic N) is 2. The summed E-state index contributed by atoms with van der Waals surface area (Å²) in [5.41, 5.74) is 5.71. The fourth-order valence-corrected chi connectivity index (χ4v) is 5.51. The molecular weight excluding hydrogens is 478 g/mol. The van der Waals surface area contributed by atoms with Crippen LogP contribution in [0.3, 0.4) is 0 Å². The first kappa shape index (κ1) is 26.2. The summed E-state index contributed by atoms with van der Waals surface area (Å²) >= 11 is 0. The van der Waals surface area contributed by atoms with E-state index in [0.29, 0.717) is 32.6 Å². The number of carbonyl (C=O) groups excluding carboxylic acids is 2. The Kier molecular flexibility index (Phi) is 8.23. The molecular formula is C31H37N3O4. The van der Waals surface area contributed by atoms with Crippen LogP contribution in [0.2, 0.25) is 0 Å². The van der Waals surface area contributed by atoms with Gasteiger partial charge in [0.15, 0.2) is 0 Å². The summed E-state index contributed by atoms with van der Waals surface area (Å²) in [6.45, 7) is 5.76. The Balaban J connectivity index is 1.20. The fourth-order valence-electron chi connectivity index (χ4n) is 5.51. The van der Waals surface area contributed by atoms with E-state index in [4.69, 9.17) is 14.5 Å². The molecule has 3 aliphatic rings. The first-order valence-electron chi connectivity index (χ1n) is 13.8. The van der Waals surface area contributed by atoms with Crippen molar-refractivity contribution in [3.05, 3.63) is 66.4 Å². The highest BCUT2D eigenvalue weighted by Crippen LogP contribution is 2.31. The number of nitrogens with one attached hydrogen (secondary N) is 1. The third-order valence-electron chi connectivity index (χ3n) is 7.69. The third-order valence-corrected chi connectivity index (χ3v) is 7.69. The molecule has 0 aromatic heterocycles. The van der Waals surface area contributed by atoms with E-state index < -0.39 is 12.1 Å². The molecule has 200 valence electrons. The summed E-state index contributed by atoms with van der Waals surface area (Å²) in [6.07, 6.45) is 5.16. The Morgan fingerprint density at radius 3 is 2.37 bits per heavy atom. The zero-order chi connectivity index (χ0) is 26.5. The monoisotopic (exact) mass is 515 g/mol. The minimum Gasteiger partial charge on any atom is -0.446 e. The predicted molar refractivity (Wildman–Crippen MR) is 149 cm³/mol. The molecule has 5 rings (SSSR count). The SMILES string of the molecule is CC(C)[C@H](NC(=O)OC1CCOCC1)C(=O)N1CCC[C@H]1C1=NC=C(c2ccc(-c3ccccc3)cc2)C1. The van der Waals surface area contributed by atoms with Gasteiger partial charge in [0, 0.05) is 37.7 Å². The highest BCUT2D eigenvalue weighted by Gasteiger charge is 2.38. The van der Waals surface area contributed by atoms with Gasteiger partial charge in [-0.1, -0.05) is 68.4 Å². The number of allylic oxidation sites excluding steroid dienone is 1. The van der Waals surface area contributed by atoms with Gasteiger partial charge < -0.3 is 19.7 Å². The zero-order valence-corrected chi connectivity index (χ0v) is 22.3. The van der Waals surface area contributed by atoms with Crippen molar-refractivity contribution >= 4 is 23.3 Å². The summed E-state index contributed by atoms with van der Waals surface area (Å²) in [6, 6.07) is 18.2. The molecule has 3 aliphatic heterocycles. The van der Waals surface area contributed by atoms with Crippen molar-refractivity contribution in [3.8, 4) is 11.1 Å². The first-order valence-corrected chi connectivity index (χ1v) is 13.8. The van der Waals surface area contributed by atoms with Crippen LogP contribution in [0.15, 0.2) is 65.8 Å². The Labute approximate surface area is 224 Å². The number of amides is 2. The first-order chi connectivity index (χ1) is 18.5. The number of ether oxygens (including phenoxy) is 2. The van der Waals surface area contributed by atoms with Gasteiger partial charge >= 0.3 is 6.09 Å². The molecule has 3 heterocycles. The van der Waals surface area contributed by atoms with Crippen LogP contribution in [0.1, 0.15) is 51.5 Å². The summed E-state index contributed by atoms with van der Waals surface area (Å²) < 4.78 is 10.9. The fraction of sp³-hybridized carbons (Fsp3) is 0.452. The number of hydrogen-bond donors (Lipinski definition) is 1. The molecule has 0 bridgehead atoms. The van der Waals surface area contributed by atoms with Crippen molar-refractivity contribution < 1.29 is 19.1 Å². The number of rotatable bonds is 7. The van der Waals surface area contributed by atoms with Gasteiger partial charge in [-0.15, -0.1) is 0 Å². The number of carbonyl (C=O) groups is 2. The van der Waals surface area contributed by atoms with Crippen LogP contribution in [-0.4, -0.2) is 60.6 Å². The molecule has 1 N–H and O–H groups in total. The van der Waals surface area contributed by atoms with Crippen LogP contribution in [0, 0.1) is 5.92 Å². The maximum atomic E-state index is 13.7. The standard InChI is InChI=1S/C31H37N3O4/c1-21(2)29(33-31(36)38-26-14-17-37-18-15-26)30(35)34-16-6-9-28(34)27-19-25(20-32-27)24-12-10-23(11-13-24)22-7-4-3-5-8-22/h3-5,7-8,10-13,20-21,26,28-29H,6,9,14-19H2,1-2H3,(H,33,36)/t28-,29-/m0/s1. The number of likely N-dealkylation sites (tertiary alicyclic amines) is 1. The molecule has 0 aliphatic carbocycles. The average Bonchev–Trinajstić information content (AvgIpc) is 3.63. The number of aliphatic imine (C=N–C) groups is 1. The number of benzene rings is 2. The predicted octanol–water partition coefficient (Wildman–Crippen LogP) is 5.46. The molecule has 0 spiro atoms. The largest absolute Gasteiger partial charge is 0.446 e. The maximum Gasteiger partial charge on any atom is 0.408 e. The van der Waals surface area contributed by atoms with Gasteiger partial charge in [0.05, 0.1) is 19.3 Å². The van der Waals surface area contributed by atoms with Crippen LogP contribution >= 0.6 is 0 Å². The van der Waals surface area contributed by atoms with Gasteiger partial charge in [-0.05, 0) is 41.0 Å². The summed E-state index contributed by atoms with van der Waals surface area (Å²) in [4.78, 5) is 33.0. The lowest BCUT2D eigenvalue weighted by Crippen LogP contribution is -2.54. The Morgan fingerprint density at radius 2 is 1.66 bits per heavy atom. The van der Waals surface area contributed by atoms with E-state index >= 15 is 0 Å². The molecule has 2 aromatic carbocycles. The van der Waals surface area contributed by atoms with Gasteiger partial charge in [0.25, 0.3) is 0 Å². The molecule has 2 aromatic rings. The maximum absolute atomic E-state index is 13.7. The van der Waals surface area contributed by atoms with Crippen molar-refractivity contribution in [2.24, 2.45) is 10.9 Å². The molecule has 7 heteroatoms. The van der Waals surface area contributed by atoms with Gasteiger partial charge in [-0.25, -0.2) is 4.79 Å². The average molecular weight is 516 g/mol. The second kappa shape index (κ2) is 11.9. The molecule has 2 atom stereocenters. The minimum absolute atomic E-state index is 0.0468. The smallest absolute Gasteiger partial charge is 0.408 e. The van der Waals surface area contributed by atoms with Crippen molar-refractivity contribution in [2.45, 2.75) is 64.1 Å². The normalized spacial score (nSPS) is 20.7. The summed E-state index contributed by atoms with van der Waals surface area (Å²) in [7, 11) is 0. The van der Waals surface area contributed by atoms with Crippen molar-refractivity contribution in [2.75, 3.05) is 19.8 Å². The second-order valence-corrected chi connectivity index (χ2v) is 10.7. The van der Waals surface area contributed by atoms with Gasteiger partial charge in [-0.3, -0.25) is 9.79 Å². The van der Waals surface area contributed by atoms with E-state index in [9.17, 15) is 9.59 Å². The summed E-state index contributed by atoms with van der Waals surface area (Å²) in [5, 5.41) is 2.86. The van der Waals surface area contributed by atoms with E-state index in [0.717, 1.165) is 36.1 Å². The van der Waals surface area contributed by atoms with Gasteiger partial charge in [0.1, 0.15) is 12.1 Å². The van der Waals surface area contributed by atoms with Crippen molar-refractivity contribution in [1.29, 1.82) is 0 Å². The van der Waals surface area contributed by atoms with Crippen molar-refractivity contribution in [1.82, 2.24) is 10.2 Å². The van der Waals surface area contributed by atoms with Crippen LogP contribution < -0.4 is 5.32 Å². The lowest BCUT2D eigenvalue weighted by molar-refractivity contribution is -0.134. The topological polar surface area (TPSA) is 80.2 Å². The van der Waals surface area contributed by atoms with Gasteiger partial charge in [-0.2, -0.15) is 0 Å². The molecule has 0 radical (unpaired) electrons. The summed E-state index contributed by atoms with van der Waals surface area (Å²) in [5.74, 6) is -0.122. The van der Waals surface area contributed by atoms with Crippen LogP contribution in [-0.2, 0) is 14.3 Å². The number of hydrogen-bond acceptors (Lipinski definition) is 5. The molecule has 0 saturated carbocycles. The lowest BCUT2D eigenvalue weighted by Gasteiger charge is -2.31. The Bertz CT molecular complexity index is 1180. The zero-order valence-electron chi connectivity index (χ0n) is 22.3. The second-order valence-electron chi connectivity index (χ2n) is 10.7. The number of alkyl carbamates (subject to hydrolysis) is 1. The van der Waals surface area contributed by atoms with E-state index in [1.165, 1.54) is 11.1 Å². The van der Waals surface area contributed by atoms with E-state index in [1.54, 1.807) is 0 Å². The van der Waals surface area contributed by atoms with E-state index in [-0.39, 0.29) is 24.0 Å². The molecule has 2 saturated heterocycles.